The summed E-state index contributed by atoms with van der Waals surface area (Å²) in [5, 5.41) is 9.56. The van der Waals surface area contributed by atoms with Gasteiger partial charge in [-0.1, -0.05) is 0 Å². The van der Waals surface area contributed by atoms with E-state index in [9.17, 15) is 14.4 Å². The molecule has 0 aliphatic carbocycles. The zero-order valence-corrected chi connectivity index (χ0v) is 14.9. The van der Waals surface area contributed by atoms with Gasteiger partial charge < -0.3 is 5.73 Å². The maximum absolute atomic E-state index is 12.6. The lowest BCUT2D eigenvalue weighted by atomic mass is 10.1. The number of hydrogen-bond donors (Lipinski definition) is 3. The molecule has 2 aromatic heterocycles. The molecule has 0 saturated heterocycles. The molecule has 1 aromatic carbocycles. The Morgan fingerprint density at radius 3 is 2.58 bits per heavy atom. The van der Waals surface area contributed by atoms with Gasteiger partial charge in [0.05, 0.1) is 28.5 Å². The van der Waals surface area contributed by atoms with Crippen LogP contribution in [0, 0.1) is 0 Å². The average molecular weight is 453 g/mol. The van der Waals surface area contributed by atoms with E-state index in [0.717, 1.165) is 10.5 Å². The van der Waals surface area contributed by atoms with Crippen molar-refractivity contribution in [2.45, 2.75) is 0 Å². The van der Waals surface area contributed by atoms with E-state index in [1.54, 1.807) is 12.3 Å². The van der Waals surface area contributed by atoms with Crippen LogP contribution in [-0.2, 0) is 0 Å². The van der Waals surface area contributed by atoms with Crippen LogP contribution in [0.4, 0.5) is 5.82 Å². The summed E-state index contributed by atoms with van der Waals surface area (Å²) >= 11 is 6.82. The van der Waals surface area contributed by atoms with Crippen LogP contribution < -0.4 is 16.6 Å². The quantitative estimate of drug-likeness (QED) is 0.485. The number of imide groups is 1. The van der Waals surface area contributed by atoms with E-state index in [1.807, 2.05) is 0 Å². The summed E-state index contributed by atoms with van der Waals surface area (Å²) in [6.07, 6.45) is 1.55. The van der Waals surface area contributed by atoms with Crippen molar-refractivity contribution in [3.05, 3.63) is 48.8 Å². The number of nitrogens with zero attached hydrogens (tertiary/aromatic N) is 2. The van der Waals surface area contributed by atoms with Gasteiger partial charge in [-0.2, -0.15) is 5.10 Å². The summed E-state index contributed by atoms with van der Waals surface area (Å²) < 4.78 is 2.50. The topological polar surface area (TPSA) is 123 Å². The molecule has 8 nitrogen and oxygen atoms in total. The van der Waals surface area contributed by atoms with Crippen LogP contribution in [-0.4, -0.2) is 26.6 Å². The Labute approximate surface area is 150 Å². The number of carbonyl (C=O) groups is 2. The van der Waals surface area contributed by atoms with E-state index in [0.29, 0.717) is 21.1 Å². The molecule has 2 amide bonds. The summed E-state index contributed by atoms with van der Waals surface area (Å²) in [5.41, 5.74) is 6.62. The van der Waals surface area contributed by atoms with Gasteiger partial charge in [0.25, 0.3) is 17.4 Å². The summed E-state index contributed by atoms with van der Waals surface area (Å²) in [7, 11) is 0. The average Bonchev–Trinajstić information content (AvgIpc) is 3.08. The van der Waals surface area contributed by atoms with Crippen LogP contribution in [0.1, 0.15) is 20.7 Å². The van der Waals surface area contributed by atoms with Gasteiger partial charge in [0.1, 0.15) is 5.82 Å². The van der Waals surface area contributed by atoms with Crippen LogP contribution in [0.15, 0.2) is 32.1 Å². The van der Waals surface area contributed by atoms with Gasteiger partial charge in [0, 0.05) is 20.4 Å². The Hall–Kier alpha value is -2.46. The van der Waals surface area contributed by atoms with E-state index in [2.05, 4.69) is 47.4 Å². The number of halogens is 2. The maximum Gasteiger partial charge on any atom is 0.262 e. The first-order valence-corrected chi connectivity index (χ1v) is 8.21. The molecule has 10 heteroatoms. The minimum atomic E-state index is -0.630. The predicted octanol–water partition coefficient (Wildman–Crippen LogP) is 1.70. The normalized spacial score (nSPS) is 13.4. The van der Waals surface area contributed by atoms with Crippen molar-refractivity contribution in [3.8, 4) is 5.69 Å². The van der Waals surface area contributed by atoms with Crippen molar-refractivity contribution in [2.75, 3.05) is 5.73 Å². The minimum Gasteiger partial charge on any atom is -0.384 e. The van der Waals surface area contributed by atoms with Crippen LogP contribution in [0.3, 0.4) is 0 Å². The summed E-state index contributed by atoms with van der Waals surface area (Å²) in [5.74, 6) is -1.36. The zero-order chi connectivity index (χ0) is 17.2. The molecule has 0 atom stereocenters. The Morgan fingerprint density at radius 1 is 1.08 bits per heavy atom. The monoisotopic (exact) mass is 451 g/mol. The Bertz CT molecular complexity index is 1130. The molecule has 3 heterocycles. The molecule has 120 valence electrons. The van der Waals surface area contributed by atoms with Gasteiger partial charge >= 0.3 is 0 Å². The van der Waals surface area contributed by atoms with E-state index < -0.39 is 17.4 Å². The highest BCUT2D eigenvalue weighted by molar-refractivity contribution is 9.11. The number of aromatic nitrogens is 3. The number of pyridine rings is 1. The SMILES string of the molecule is Nc1c2c(cc(=O)n1-c1c(Br)cc(Br)c3[nH]ncc13)C(=O)NC2=O. The minimum absolute atomic E-state index is 0.00827. The predicted molar refractivity (Wildman–Crippen MR) is 93.3 cm³/mol. The van der Waals surface area contributed by atoms with Gasteiger partial charge in [-0.05, 0) is 37.9 Å². The second-order valence-electron chi connectivity index (χ2n) is 5.12. The number of aromatic amines is 1. The number of H-pyrrole nitrogens is 1. The van der Waals surface area contributed by atoms with Crippen molar-refractivity contribution < 1.29 is 9.59 Å². The standard InChI is InChI=1S/C14H7Br2N5O3/c15-6-2-7(16)11(5-3-18-20-10(5)6)21-8(22)1-4-9(12(21)17)14(24)19-13(4)23/h1-3H,17H2,(H,18,20)(H,19,23,24). The van der Waals surface area contributed by atoms with E-state index in [4.69, 9.17) is 5.73 Å². The third-order valence-electron chi connectivity index (χ3n) is 3.79. The molecule has 0 fully saturated rings. The molecule has 0 radical (unpaired) electrons. The molecule has 0 spiro atoms. The van der Waals surface area contributed by atoms with Crippen molar-refractivity contribution in [1.29, 1.82) is 0 Å². The molecule has 4 rings (SSSR count). The second-order valence-corrected chi connectivity index (χ2v) is 6.83. The lowest BCUT2D eigenvalue weighted by Gasteiger charge is -2.15. The van der Waals surface area contributed by atoms with Gasteiger partial charge in [0.2, 0.25) is 0 Å². The molecular formula is C14H7Br2N5O3. The summed E-state index contributed by atoms with van der Waals surface area (Å²) in [4.78, 5) is 36.3. The number of nitrogens with two attached hydrogens (primary N) is 1. The molecule has 0 unspecified atom stereocenters. The van der Waals surface area contributed by atoms with Crippen LogP contribution in [0.5, 0.6) is 0 Å². The largest absolute Gasteiger partial charge is 0.384 e. The maximum atomic E-state index is 12.6. The molecule has 3 aromatic rings. The number of nitrogens with one attached hydrogen (secondary N) is 2. The van der Waals surface area contributed by atoms with Crippen molar-refractivity contribution in [3.63, 3.8) is 0 Å². The molecule has 1 aliphatic heterocycles. The zero-order valence-electron chi connectivity index (χ0n) is 11.7. The van der Waals surface area contributed by atoms with E-state index in [-0.39, 0.29) is 16.9 Å². The van der Waals surface area contributed by atoms with E-state index >= 15 is 0 Å². The highest BCUT2D eigenvalue weighted by Gasteiger charge is 2.32. The smallest absolute Gasteiger partial charge is 0.262 e. The molecule has 24 heavy (non-hydrogen) atoms. The van der Waals surface area contributed by atoms with Crippen molar-refractivity contribution in [1.82, 2.24) is 20.1 Å². The fraction of sp³-hybridized carbons (Fsp3) is 0. The van der Waals surface area contributed by atoms with Crippen molar-refractivity contribution in [2.24, 2.45) is 0 Å². The lowest BCUT2D eigenvalue weighted by Crippen LogP contribution is -2.24. The molecule has 0 saturated carbocycles. The first-order chi connectivity index (χ1) is 11.4. The number of amides is 2. The molecule has 0 bridgehead atoms. The second kappa shape index (κ2) is 5.02. The summed E-state index contributed by atoms with van der Waals surface area (Å²) in [6.45, 7) is 0. The van der Waals surface area contributed by atoms with Crippen LogP contribution >= 0.6 is 31.9 Å². The Balaban J connectivity index is 2.16. The Morgan fingerprint density at radius 2 is 1.83 bits per heavy atom. The first-order valence-electron chi connectivity index (χ1n) is 6.63. The van der Waals surface area contributed by atoms with Gasteiger partial charge in [0.15, 0.2) is 0 Å². The van der Waals surface area contributed by atoms with Crippen molar-refractivity contribution >= 4 is 60.4 Å². The van der Waals surface area contributed by atoms with Gasteiger partial charge in [-0.15, -0.1) is 0 Å². The van der Waals surface area contributed by atoms with Crippen LogP contribution in [0.25, 0.3) is 16.6 Å². The third-order valence-corrected chi connectivity index (χ3v) is 5.02. The fourth-order valence-electron chi connectivity index (χ4n) is 2.77. The number of anilines is 1. The fourth-order valence-corrected chi connectivity index (χ4v) is 4.22. The highest BCUT2D eigenvalue weighted by Crippen LogP contribution is 2.35. The number of rotatable bonds is 1. The highest BCUT2D eigenvalue weighted by atomic mass is 79.9. The number of benzene rings is 1. The Kier molecular flexibility index (Phi) is 3.15. The van der Waals surface area contributed by atoms with E-state index in [1.165, 1.54) is 4.57 Å². The molecule has 4 N–H and O–H groups in total. The van der Waals surface area contributed by atoms with Gasteiger partial charge in [-0.25, -0.2) is 0 Å². The van der Waals surface area contributed by atoms with Crippen LogP contribution in [0.2, 0.25) is 0 Å². The summed E-state index contributed by atoms with van der Waals surface area (Å²) in [6, 6.07) is 2.84. The number of hydrogen-bond acceptors (Lipinski definition) is 5. The lowest BCUT2D eigenvalue weighted by molar-refractivity contribution is 0.0880. The number of fused-ring (bicyclic) bond motifs is 2. The number of nitrogen functional groups attached to an aromatic ring is 1. The molecule has 1 aliphatic rings. The third kappa shape index (κ3) is 1.89. The number of carbonyl (C=O) groups excluding carboxylic acids is 2. The first kappa shape index (κ1) is 15.1. The molecular weight excluding hydrogens is 446 g/mol. The van der Waals surface area contributed by atoms with Gasteiger partial charge in [-0.3, -0.25) is 29.4 Å².